The van der Waals surface area contributed by atoms with E-state index in [9.17, 15) is 19.2 Å². The van der Waals surface area contributed by atoms with Gasteiger partial charge in [0, 0.05) is 6.42 Å². The molecule has 9 heteroatoms. The molecular weight excluding hydrogens is 222 g/mol. The topological polar surface area (TPSA) is 159 Å². The van der Waals surface area contributed by atoms with Crippen LogP contribution in [-0.2, 0) is 9.59 Å². The number of carbonyl (C=O) groups is 4. The van der Waals surface area contributed by atoms with E-state index in [1.54, 1.807) is 5.32 Å². The van der Waals surface area contributed by atoms with Gasteiger partial charge in [0.25, 0.3) is 0 Å². The third kappa shape index (κ3) is 6.18. The normalized spacial score (nSPS) is 11.2. The minimum absolute atomic E-state index is 0.295. The lowest BCUT2D eigenvalue weighted by Gasteiger charge is -2.12. The summed E-state index contributed by atoms with van der Waals surface area (Å²) in [6, 6.07) is -3.62. The number of carbonyl (C=O) groups excluding carboxylic acids is 2. The molecule has 0 spiro atoms. The van der Waals surface area contributed by atoms with E-state index in [1.165, 1.54) is 0 Å². The molecule has 0 fully saturated rings. The van der Waals surface area contributed by atoms with E-state index in [2.05, 4.69) is 5.73 Å². The summed E-state index contributed by atoms with van der Waals surface area (Å²) in [5.74, 6) is -2.59. The van der Waals surface area contributed by atoms with Crippen molar-refractivity contribution in [3.05, 3.63) is 0 Å². The quantitative estimate of drug-likeness (QED) is 0.396. The van der Waals surface area contributed by atoms with Crippen LogP contribution in [0.4, 0.5) is 9.59 Å². The third-order valence-corrected chi connectivity index (χ3v) is 1.49. The SMILES string of the molecule is NC(=O)NC(=O)N[C@@H](CCC(=O)O)C(=O)O. The number of hydrogen-bond donors (Lipinski definition) is 5. The van der Waals surface area contributed by atoms with Crippen molar-refractivity contribution < 1.29 is 29.4 Å². The van der Waals surface area contributed by atoms with Crippen LogP contribution in [0.5, 0.6) is 0 Å². The van der Waals surface area contributed by atoms with Gasteiger partial charge in [-0.05, 0) is 6.42 Å². The number of carboxylic acids is 2. The number of nitrogens with two attached hydrogens (primary N) is 1. The van der Waals surface area contributed by atoms with Crippen LogP contribution in [0.2, 0.25) is 0 Å². The van der Waals surface area contributed by atoms with Gasteiger partial charge in [0.15, 0.2) is 0 Å². The van der Waals surface area contributed by atoms with E-state index in [4.69, 9.17) is 10.2 Å². The van der Waals surface area contributed by atoms with Gasteiger partial charge in [0.1, 0.15) is 6.04 Å². The van der Waals surface area contributed by atoms with Gasteiger partial charge in [-0.1, -0.05) is 0 Å². The molecule has 0 saturated carbocycles. The zero-order chi connectivity index (χ0) is 12.7. The number of aliphatic carboxylic acids is 2. The highest BCUT2D eigenvalue weighted by Gasteiger charge is 2.21. The summed E-state index contributed by atoms with van der Waals surface area (Å²) in [6.07, 6.45) is -0.718. The summed E-state index contributed by atoms with van der Waals surface area (Å²) >= 11 is 0. The van der Waals surface area contributed by atoms with E-state index in [1.807, 2.05) is 5.32 Å². The number of hydrogen-bond acceptors (Lipinski definition) is 4. The van der Waals surface area contributed by atoms with Crippen molar-refractivity contribution in [2.45, 2.75) is 18.9 Å². The van der Waals surface area contributed by atoms with Crippen LogP contribution in [0, 0.1) is 0 Å². The largest absolute Gasteiger partial charge is 0.481 e. The van der Waals surface area contributed by atoms with E-state index < -0.39 is 36.5 Å². The maximum absolute atomic E-state index is 10.9. The lowest BCUT2D eigenvalue weighted by atomic mass is 10.1. The standard InChI is InChI=1S/C7H11N3O6/c8-6(15)10-7(16)9-3(5(13)14)1-2-4(11)12/h3H,1-2H2,(H,11,12)(H,13,14)(H4,8,9,10,15,16)/t3-/m0/s1. The molecule has 4 amide bonds. The molecule has 90 valence electrons. The molecule has 0 aromatic carbocycles. The van der Waals surface area contributed by atoms with Crippen LogP contribution in [-0.4, -0.2) is 40.3 Å². The first-order valence-corrected chi connectivity index (χ1v) is 4.14. The van der Waals surface area contributed by atoms with Gasteiger partial charge in [-0.25, -0.2) is 14.4 Å². The molecule has 0 aromatic rings. The first kappa shape index (κ1) is 13.7. The van der Waals surface area contributed by atoms with Gasteiger partial charge < -0.3 is 21.3 Å². The molecule has 0 aliphatic rings. The molecule has 0 rings (SSSR count). The first-order chi connectivity index (χ1) is 7.32. The van der Waals surface area contributed by atoms with Crippen LogP contribution >= 0.6 is 0 Å². The summed E-state index contributed by atoms with van der Waals surface area (Å²) in [5, 5.41) is 20.4. The van der Waals surface area contributed by atoms with Gasteiger partial charge in [-0.2, -0.15) is 0 Å². The Hall–Kier alpha value is -2.32. The molecule has 0 unspecified atom stereocenters. The summed E-state index contributed by atoms with van der Waals surface area (Å²) in [7, 11) is 0. The maximum Gasteiger partial charge on any atom is 0.326 e. The lowest BCUT2D eigenvalue weighted by Crippen LogP contribution is -2.49. The zero-order valence-electron chi connectivity index (χ0n) is 8.10. The molecule has 1 atom stereocenters. The van der Waals surface area contributed by atoms with Crippen molar-refractivity contribution in [2.75, 3.05) is 0 Å². The monoisotopic (exact) mass is 233 g/mol. The highest BCUT2D eigenvalue weighted by atomic mass is 16.4. The summed E-state index contributed by atoms with van der Waals surface area (Å²) < 4.78 is 0. The average Bonchev–Trinajstić information content (AvgIpc) is 2.09. The molecule has 16 heavy (non-hydrogen) atoms. The number of primary amides is 1. The Morgan fingerprint density at radius 2 is 1.75 bits per heavy atom. The molecule has 0 radical (unpaired) electrons. The second-order valence-corrected chi connectivity index (χ2v) is 2.79. The number of nitrogens with one attached hydrogen (secondary N) is 2. The first-order valence-electron chi connectivity index (χ1n) is 4.14. The minimum Gasteiger partial charge on any atom is -0.481 e. The highest BCUT2D eigenvalue weighted by Crippen LogP contribution is 1.97. The van der Waals surface area contributed by atoms with E-state index in [0.717, 1.165) is 0 Å². The second kappa shape index (κ2) is 6.22. The Labute approximate surface area is 89.6 Å². The van der Waals surface area contributed by atoms with Gasteiger partial charge in [0.05, 0.1) is 0 Å². The summed E-state index contributed by atoms with van der Waals surface area (Å²) in [4.78, 5) is 41.9. The van der Waals surface area contributed by atoms with E-state index in [0.29, 0.717) is 0 Å². The molecule has 0 aliphatic carbocycles. The van der Waals surface area contributed by atoms with Crippen molar-refractivity contribution >= 4 is 24.0 Å². The molecule has 6 N–H and O–H groups in total. The van der Waals surface area contributed by atoms with Crippen molar-refractivity contribution in [1.82, 2.24) is 10.6 Å². The smallest absolute Gasteiger partial charge is 0.326 e. The molecule has 0 bridgehead atoms. The van der Waals surface area contributed by atoms with E-state index >= 15 is 0 Å². The number of amides is 4. The fourth-order valence-corrected chi connectivity index (χ4v) is 0.831. The Morgan fingerprint density at radius 1 is 1.19 bits per heavy atom. The maximum atomic E-state index is 10.9. The summed E-state index contributed by atoms with van der Waals surface area (Å²) in [5.41, 5.74) is 4.61. The second-order valence-electron chi connectivity index (χ2n) is 2.79. The number of carboxylic acid groups (broad SMARTS) is 2. The molecule has 9 nitrogen and oxygen atoms in total. The van der Waals surface area contributed by atoms with Crippen molar-refractivity contribution in [3.8, 4) is 0 Å². The number of imide groups is 1. The average molecular weight is 233 g/mol. The van der Waals surface area contributed by atoms with Crippen LogP contribution in [0.3, 0.4) is 0 Å². The Bertz CT molecular complexity index is 315. The van der Waals surface area contributed by atoms with E-state index in [-0.39, 0.29) is 6.42 Å². The third-order valence-electron chi connectivity index (χ3n) is 1.49. The highest BCUT2D eigenvalue weighted by molar-refractivity contribution is 5.94. The molecule has 0 aliphatic heterocycles. The van der Waals surface area contributed by atoms with Gasteiger partial charge in [0.2, 0.25) is 0 Å². The van der Waals surface area contributed by atoms with Gasteiger partial charge in [-0.3, -0.25) is 10.1 Å². The van der Waals surface area contributed by atoms with Gasteiger partial charge in [-0.15, -0.1) is 0 Å². The lowest BCUT2D eigenvalue weighted by molar-refractivity contribution is -0.140. The number of rotatable bonds is 5. The Morgan fingerprint density at radius 3 is 2.12 bits per heavy atom. The predicted molar refractivity (Wildman–Crippen MR) is 49.5 cm³/mol. The van der Waals surface area contributed by atoms with Crippen molar-refractivity contribution in [1.29, 1.82) is 0 Å². The molecule has 0 saturated heterocycles. The van der Waals surface area contributed by atoms with Crippen LogP contribution in [0.25, 0.3) is 0 Å². The van der Waals surface area contributed by atoms with Crippen molar-refractivity contribution in [3.63, 3.8) is 0 Å². The zero-order valence-corrected chi connectivity index (χ0v) is 8.10. The Kier molecular flexibility index (Phi) is 5.32. The number of urea groups is 2. The minimum atomic E-state index is -1.40. The fourth-order valence-electron chi connectivity index (χ4n) is 0.831. The fraction of sp³-hybridized carbons (Fsp3) is 0.429. The van der Waals surface area contributed by atoms with Crippen LogP contribution in [0.1, 0.15) is 12.8 Å². The molecule has 0 aromatic heterocycles. The van der Waals surface area contributed by atoms with Crippen LogP contribution < -0.4 is 16.4 Å². The van der Waals surface area contributed by atoms with Crippen molar-refractivity contribution in [2.24, 2.45) is 5.73 Å². The predicted octanol–water partition coefficient (Wildman–Crippen LogP) is -1.32. The molecule has 0 heterocycles. The molecular formula is C7H11N3O6. The van der Waals surface area contributed by atoms with Crippen LogP contribution in [0.15, 0.2) is 0 Å². The summed E-state index contributed by atoms with van der Waals surface area (Å²) in [6.45, 7) is 0. The Balaban J connectivity index is 4.22. The van der Waals surface area contributed by atoms with Gasteiger partial charge >= 0.3 is 24.0 Å².